The number of anilines is 1. The molecule has 5 heteroatoms. The van der Waals surface area contributed by atoms with E-state index in [0.717, 1.165) is 35.8 Å². The van der Waals surface area contributed by atoms with Crippen LogP contribution in [0.25, 0.3) is 0 Å². The number of hydrogen-bond donors (Lipinski definition) is 1. The van der Waals surface area contributed by atoms with Crippen LogP contribution >= 0.6 is 0 Å². The Kier molecular flexibility index (Phi) is 6.87. The average molecular weight is 390 g/mol. The molecule has 3 rings (SSSR count). The predicted octanol–water partition coefficient (Wildman–Crippen LogP) is 4.59. The third-order valence-corrected chi connectivity index (χ3v) is 4.60. The summed E-state index contributed by atoms with van der Waals surface area (Å²) in [6, 6.07) is 23.0. The molecule has 0 saturated carbocycles. The Morgan fingerprint density at radius 1 is 0.828 bits per heavy atom. The summed E-state index contributed by atoms with van der Waals surface area (Å²) in [4.78, 5) is 14.7. The second-order valence-corrected chi connectivity index (χ2v) is 6.90. The van der Waals surface area contributed by atoms with E-state index >= 15 is 0 Å². The molecule has 0 bridgehead atoms. The van der Waals surface area contributed by atoms with Crippen LogP contribution in [-0.2, 0) is 13.1 Å². The zero-order valence-electron chi connectivity index (χ0n) is 17.0. The predicted molar refractivity (Wildman–Crippen MR) is 116 cm³/mol. The van der Waals surface area contributed by atoms with Gasteiger partial charge in [0.25, 0.3) is 5.91 Å². The van der Waals surface area contributed by atoms with Gasteiger partial charge in [0.2, 0.25) is 0 Å². The molecule has 29 heavy (non-hydrogen) atoms. The fraction of sp³-hybridized carbons (Fsp3) is 0.208. The lowest BCUT2D eigenvalue weighted by atomic mass is 10.1. The number of amides is 1. The van der Waals surface area contributed by atoms with Gasteiger partial charge in [0.1, 0.15) is 11.5 Å². The quantitative estimate of drug-likeness (QED) is 0.611. The first-order valence-electron chi connectivity index (χ1n) is 9.43. The highest BCUT2D eigenvalue weighted by molar-refractivity contribution is 6.04. The molecule has 5 nitrogen and oxygen atoms in total. The van der Waals surface area contributed by atoms with E-state index in [-0.39, 0.29) is 5.91 Å². The number of ether oxygens (including phenoxy) is 2. The van der Waals surface area contributed by atoms with E-state index < -0.39 is 0 Å². The first kappa shape index (κ1) is 20.4. The van der Waals surface area contributed by atoms with Gasteiger partial charge in [0.15, 0.2) is 0 Å². The number of nitrogens with zero attached hydrogens (tertiary/aromatic N) is 1. The van der Waals surface area contributed by atoms with Crippen molar-refractivity contribution in [2.75, 3.05) is 26.6 Å². The molecule has 0 fully saturated rings. The van der Waals surface area contributed by atoms with E-state index in [1.165, 1.54) is 5.56 Å². The van der Waals surface area contributed by atoms with Crippen molar-refractivity contribution in [3.05, 3.63) is 89.5 Å². The molecule has 1 N–H and O–H groups in total. The molecule has 0 unspecified atom stereocenters. The van der Waals surface area contributed by atoms with Crippen molar-refractivity contribution >= 4 is 11.6 Å². The first-order chi connectivity index (χ1) is 14.1. The maximum absolute atomic E-state index is 12.4. The van der Waals surface area contributed by atoms with Crippen molar-refractivity contribution in [1.29, 1.82) is 0 Å². The second kappa shape index (κ2) is 9.75. The first-order valence-corrected chi connectivity index (χ1v) is 9.43. The molecule has 0 aliphatic heterocycles. The molecular weight excluding hydrogens is 364 g/mol. The van der Waals surface area contributed by atoms with Crippen LogP contribution in [0.3, 0.4) is 0 Å². The number of nitrogens with one attached hydrogen (secondary N) is 1. The standard InChI is InChI=1S/C24H26N2O3/c1-26(17-19-5-4-6-23(15-19)29-3)16-18-7-9-20(10-8-18)24(27)25-21-11-13-22(28-2)14-12-21/h4-15H,16-17H2,1-3H3,(H,25,27). The number of hydrogen-bond acceptors (Lipinski definition) is 4. The second-order valence-electron chi connectivity index (χ2n) is 6.90. The van der Waals surface area contributed by atoms with Gasteiger partial charge >= 0.3 is 0 Å². The van der Waals surface area contributed by atoms with Gasteiger partial charge in [-0.25, -0.2) is 0 Å². The van der Waals surface area contributed by atoms with Crippen LogP contribution in [0.2, 0.25) is 0 Å². The molecule has 0 aromatic heterocycles. The molecule has 3 aromatic rings. The molecule has 0 saturated heterocycles. The molecular formula is C24H26N2O3. The summed E-state index contributed by atoms with van der Waals surface area (Å²) < 4.78 is 10.4. The zero-order valence-corrected chi connectivity index (χ0v) is 17.0. The van der Waals surface area contributed by atoms with Crippen LogP contribution in [0.4, 0.5) is 5.69 Å². The minimum absolute atomic E-state index is 0.133. The zero-order chi connectivity index (χ0) is 20.6. The van der Waals surface area contributed by atoms with Gasteiger partial charge in [-0.1, -0.05) is 24.3 Å². The minimum Gasteiger partial charge on any atom is -0.497 e. The molecule has 0 aliphatic carbocycles. The summed E-state index contributed by atoms with van der Waals surface area (Å²) in [5, 5.41) is 2.90. The molecule has 0 radical (unpaired) electrons. The summed E-state index contributed by atoms with van der Waals surface area (Å²) in [5.74, 6) is 1.49. The Labute approximate surface area is 171 Å². The Bertz CT molecular complexity index is 937. The SMILES string of the molecule is COc1ccc(NC(=O)c2ccc(CN(C)Cc3cccc(OC)c3)cc2)cc1. The monoisotopic (exact) mass is 390 g/mol. The Morgan fingerprint density at radius 3 is 2.14 bits per heavy atom. The van der Waals surface area contributed by atoms with Gasteiger partial charge < -0.3 is 14.8 Å². The average Bonchev–Trinajstić information content (AvgIpc) is 2.74. The van der Waals surface area contributed by atoms with E-state index in [2.05, 4.69) is 23.3 Å². The van der Waals surface area contributed by atoms with E-state index in [4.69, 9.17) is 9.47 Å². The topological polar surface area (TPSA) is 50.8 Å². The normalized spacial score (nSPS) is 10.6. The summed E-state index contributed by atoms with van der Waals surface area (Å²) in [7, 11) is 5.36. The van der Waals surface area contributed by atoms with Crippen LogP contribution < -0.4 is 14.8 Å². The van der Waals surface area contributed by atoms with Crippen LogP contribution in [0.1, 0.15) is 21.5 Å². The number of methoxy groups -OCH3 is 2. The van der Waals surface area contributed by atoms with Crippen LogP contribution in [0, 0.1) is 0 Å². The summed E-state index contributed by atoms with van der Waals surface area (Å²) in [6.45, 7) is 1.61. The van der Waals surface area contributed by atoms with Crippen LogP contribution in [0.15, 0.2) is 72.8 Å². The maximum Gasteiger partial charge on any atom is 0.255 e. The van der Waals surface area contributed by atoms with Gasteiger partial charge in [-0.15, -0.1) is 0 Å². The molecule has 0 aliphatic rings. The van der Waals surface area contributed by atoms with E-state index in [0.29, 0.717) is 5.56 Å². The van der Waals surface area contributed by atoms with Crippen molar-refractivity contribution in [2.45, 2.75) is 13.1 Å². The Balaban J connectivity index is 1.56. The van der Waals surface area contributed by atoms with E-state index in [1.807, 2.05) is 66.7 Å². The largest absolute Gasteiger partial charge is 0.497 e. The lowest BCUT2D eigenvalue weighted by molar-refractivity contribution is 0.102. The van der Waals surface area contributed by atoms with Crippen molar-refractivity contribution in [1.82, 2.24) is 4.90 Å². The van der Waals surface area contributed by atoms with Crippen LogP contribution in [-0.4, -0.2) is 32.1 Å². The summed E-state index contributed by atoms with van der Waals surface area (Å²) >= 11 is 0. The highest BCUT2D eigenvalue weighted by Crippen LogP contribution is 2.17. The third kappa shape index (κ3) is 5.83. The van der Waals surface area contributed by atoms with Gasteiger partial charge in [-0.2, -0.15) is 0 Å². The van der Waals surface area contributed by atoms with E-state index in [9.17, 15) is 4.79 Å². The highest BCUT2D eigenvalue weighted by Gasteiger charge is 2.08. The fourth-order valence-corrected chi connectivity index (χ4v) is 3.09. The molecule has 150 valence electrons. The Hall–Kier alpha value is -3.31. The van der Waals surface area contributed by atoms with Gasteiger partial charge in [0, 0.05) is 24.3 Å². The lowest BCUT2D eigenvalue weighted by Gasteiger charge is -2.17. The van der Waals surface area contributed by atoms with Gasteiger partial charge in [-0.3, -0.25) is 9.69 Å². The molecule has 0 spiro atoms. The fourth-order valence-electron chi connectivity index (χ4n) is 3.09. The molecule has 0 heterocycles. The number of carbonyl (C=O) groups excluding carboxylic acids is 1. The number of carbonyl (C=O) groups is 1. The van der Waals surface area contributed by atoms with Crippen molar-refractivity contribution in [2.24, 2.45) is 0 Å². The van der Waals surface area contributed by atoms with Gasteiger partial charge in [-0.05, 0) is 66.7 Å². The third-order valence-electron chi connectivity index (χ3n) is 4.60. The molecule has 0 atom stereocenters. The molecule has 3 aromatic carbocycles. The summed E-state index contributed by atoms with van der Waals surface area (Å²) in [6.07, 6.45) is 0. The van der Waals surface area contributed by atoms with Gasteiger partial charge in [0.05, 0.1) is 14.2 Å². The van der Waals surface area contributed by atoms with E-state index in [1.54, 1.807) is 14.2 Å². The highest BCUT2D eigenvalue weighted by atomic mass is 16.5. The smallest absolute Gasteiger partial charge is 0.255 e. The van der Waals surface area contributed by atoms with Crippen molar-refractivity contribution in [3.63, 3.8) is 0 Å². The number of benzene rings is 3. The van der Waals surface area contributed by atoms with Crippen LogP contribution in [0.5, 0.6) is 11.5 Å². The molecule has 1 amide bonds. The van der Waals surface area contributed by atoms with Crippen molar-refractivity contribution < 1.29 is 14.3 Å². The minimum atomic E-state index is -0.133. The maximum atomic E-state index is 12.4. The van der Waals surface area contributed by atoms with Crippen molar-refractivity contribution in [3.8, 4) is 11.5 Å². The Morgan fingerprint density at radius 2 is 1.48 bits per heavy atom. The summed E-state index contributed by atoms with van der Waals surface area (Å²) in [5.41, 5.74) is 3.71. The number of rotatable bonds is 8. The lowest BCUT2D eigenvalue weighted by Crippen LogP contribution is -2.17.